The highest BCUT2D eigenvalue weighted by molar-refractivity contribution is 5.96. The number of hydrogen-bond acceptors (Lipinski definition) is 6. The van der Waals surface area contributed by atoms with Gasteiger partial charge in [-0.05, 0) is 33.6 Å². The number of nitrogens with zero attached hydrogens (tertiary/aromatic N) is 1. The third-order valence-corrected chi connectivity index (χ3v) is 4.65. The van der Waals surface area contributed by atoms with Crippen molar-refractivity contribution in [1.82, 2.24) is 10.2 Å². The highest BCUT2D eigenvalue weighted by atomic mass is 16.6. The first-order valence-corrected chi connectivity index (χ1v) is 9.28. The summed E-state index contributed by atoms with van der Waals surface area (Å²) in [5, 5.41) is 22.5. The number of ether oxygens (including phenoxy) is 2. The molecule has 3 N–H and O–H groups in total. The molecule has 2 rings (SSSR count). The lowest BCUT2D eigenvalue weighted by Crippen LogP contribution is -2.56. The molecule has 27 heavy (non-hydrogen) atoms. The summed E-state index contributed by atoms with van der Waals surface area (Å²) in [5.41, 5.74) is 2.51. The van der Waals surface area contributed by atoms with Crippen LogP contribution >= 0.6 is 0 Å². The quantitative estimate of drug-likeness (QED) is 0.428. The van der Waals surface area contributed by atoms with Crippen molar-refractivity contribution in [3.05, 3.63) is 23.3 Å². The molecule has 4 atom stereocenters. The van der Waals surface area contributed by atoms with E-state index in [1.165, 1.54) is 16.0 Å². The van der Waals surface area contributed by atoms with Crippen molar-refractivity contribution < 1.29 is 29.3 Å². The first-order chi connectivity index (χ1) is 12.8. The Bertz CT molecular complexity index is 599. The summed E-state index contributed by atoms with van der Waals surface area (Å²) in [6, 6.07) is -0.626. The van der Waals surface area contributed by atoms with Crippen LogP contribution in [0, 0.1) is 0 Å². The molecular formula is C19H30N2O6. The maximum Gasteiger partial charge on any atom is 0.326 e. The predicted octanol–water partition coefficient (Wildman–Crippen LogP) is 1.08. The van der Waals surface area contributed by atoms with E-state index in [1.54, 1.807) is 0 Å². The SMILES string of the molecule is CC(C)=CCCC(C)=CCOCC1OC(N2CCC(=O)NC2=O)C(O)C1O. The number of amides is 3. The molecule has 0 aromatic carbocycles. The fourth-order valence-electron chi connectivity index (χ4n) is 3.02. The minimum absolute atomic E-state index is 0.0981. The van der Waals surface area contributed by atoms with Gasteiger partial charge in [0.1, 0.15) is 18.3 Å². The average molecular weight is 382 g/mol. The summed E-state index contributed by atoms with van der Waals surface area (Å²) >= 11 is 0. The number of allylic oxidation sites excluding steroid dienone is 3. The van der Waals surface area contributed by atoms with Gasteiger partial charge in [0.25, 0.3) is 0 Å². The van der Waals surface area contributed by atoms with E-state index in [2.05, 4.69) is 25.2 Å². The smallest absolute Gasteiger partial charge is 0.326 e. The maximum absolute atomic E-state index is 11.9. The summed E-state index contributed by atoms with van der Waals surface area (Å²) < 4.78 is 11.2. The van der Waals surface area contributed by atoms with Gasteiger partial charge in [-0.15, -0.1) is 0 Å². The lowest BCUT2D eigenvalue weighted by Gasteiger charge is -2.32. The largest absolute Gasteiger partial charge is 0.387 e. The molecule has 0 saturated carbocycles. The molecule has 0 aliphatic carbocycles. The van der Waals surface area contributed by atoms with Crippen LogP contribution in [0.25, 0.3) is 0 Å². The zero-order chi connectivity index (χ0) is 20.0. The van der Waals surface area contributed by atoms with E-state index in [-0.39, 0.29) is 25.5 Å². The monoisotopic (exact) mass is 382 g/mol. The number of imide groups is 1. The minimum atomic E-state index is -1.25. The van der Waals surface area contributed by atoms with Crippen molar-refractivity contribution in [2.24, 2.45) is 0 Å². The van der Waals surface area contributed by atoms with Crippen LogP contribution in [0.4, 0.5) is 4.79 Å². The second-order valence-electron chi connectivity index (χ2n) is 7.25. The van der Waals surface area contributed by atoms with E-state index in [0.717, 1.165) is 12.8 Å². The molecule has 2 aliphatic heterocycles. The van der Waals surface area contributed by atoms with Crippen molar-refractivity contribution in [1.29, 1.82) is 0 Å². The van der Waals surface area contributed by atoms with E-state index in [4.69, 9.17) is 9.47 Å². The van der Waals surface area contributed by atoms with Gasteiger partial charge in [-0.3, -0.25) is 15.0 Å². The molecule has 2 fully saturated rings. The molecular weight excluding hydrogens is 352 g/mol. The highest BCUT2D eigenvalue weighted by Gasteiger charge is 2.47. The number of aliphatic hydroxyl groups excluding tert-OH is 2. The molecule has 0 aromatic heterocycles. The van der Waals surface area contributed by atoms with Crippen LogP contribution < -0.4 is 5.32 Å². The lowest BCUT2D eigenvalue weighted by atomic mass is 10.1. The predicted molar refractivity (Wildman–Crippen MR) is 98.8 cm³/mol. The highest BCUT2D eigenvalue weighted by Crippen LogP contribution is 2.25. The summed E-state index contributed by atoms with van der Waals surface area (Å²) in [5.74, 6) is -0.365. The molecule has 8 heteroatoms. The van der Waals surface area contributed by atoms with Crippen LogP contribution in [0.15, 0.2) is 23.3 Å². The van der Waals surface area contributed by atoms with E-state index in [1.807, 2.05) is 13.0 Å². The summed E-state index contributed by atoms with van der Waals surface area (Å²) in [6.45, 7) is 6.80. The van der Waals surface area contributed by atoms with Gasteiger partial charge in [0.05, 0.1) is 13.2 Å². The van der Waals surface area contributed by atoms with Crippen LogP contribution in [-0.2, 0) is 14.3 Å². The second-order valence-corrected chi connectivity index (χ2v) is 7.25. The van der Waals surface area contributed by atoms with Gasteiger partial charge in [-0.25, -0.2) is 4.79 Å². The zero-order valence-electron chi connectivity index (χ0n) is 16.2. The Kier molecular flexibility index (Phi) is 7.97. The van der Waals surface area contributed by atoms with Crippen molar-refractivity contribution in [3.8, 4) is 0 Å². The molecule has 2 aliphatic rings. The van der Waals surface area contributed by atoms with E-state index in [9.17, 15) is 19.8 Å². The first kappa shape index (κ1) is 21.6. The molecule has 8 nitrogen and oxygen atoms in total. The van der Waals surface area contributed by atoms with Crippen molar-refractivity contribution in [3.63, 3.8) is 0 Å². The Morgan fingerprint density at radius 1 is 1.26 bits per heavy atom. The molecule has 4 unspecified atom stereocenters. The van der Waals surface area contributed by atoms with Gasteiger partial charge < -0.3 is 19.7 Å². The summed E-state index contributed by atoms with van der Waals surface area (Å²) in [6.07, 6.45) is 2.10. The Morgan fingerprint density at radius 3 is 2.67 bits per heavy atom. The van der Waals surface area contributed by atoms with Crippen LogP contribution in [0.5, 0.6) is 0 Å². The minimum Gasteiger partial charge on any atom is -0.387 e. The van der Waals surface area contributed by atoms with Crippen molar-refractivity contribution in [2.45, 2.75) is 64.6 Å². The Morgan fingerprint density at radius 2 is 2.00 bits per heavy atom. The van der Waals surface area contributed by atoms with Crippen molar-refractivity contribution >= 4 is 11.9 Å². The fraction of sp³-hybridized carbons (Fsp3) is 0.684. The Balaban J connectivity index is 1.78. The van der Waals surface area contributed by atoms with Crippen LogP contribution in [0.1, 0.15) is 40.0 Å². The summed E-state index contributed by atoms with van der Waals surface area (Å²) in [4.78, 5) is 24.3. The first-order valence-electron chi connectivity index (χ1n) is 9.28. The fourth-order valence-corrected chi connectivity index (χ4v) is 3.02. The molecule has 3 amide bonds. The van der Waals surface area contributed by atoms with Gasteiger partial charge in [-0.2, -0.15) is 0 Å². The Labute approximate surface area is 159 Å². The van der Waals surface area contributed by atoms with E-state index < -0.39 is 30.6 Å². The Hall–Kier alpha value is -1.74. The third kappa shape index (κ3) is 6.14. The number of urea groups is 1. The average Bonchev–Trinajstić information content (AvgIpc) is 2.87. The zero-order valence-corrected chi connectivity index (χ0v) is 16.2. The van der Waals surface area contributed by atoms with Gasteiger partial charge in [0.2, 0.25) is 5.91 Å². The molecule has 0 bridgehead atoms. The second kappa shape index (κ2) is 9.98. The number of carbonyl (C=O) groups excluding carboxylic acids is 2. The number of hydrogen-bond donors (Lipinski definition) is 3. The lowest BCUT2D eigenvalue weighted by molar-refractivity contribution is -0.126. The molecule has 2 saturated heterocycles. The van der Waals surface area contributed by atoms with Gasteiger partial charge in [0.15, 0.2) is 6.23 Å². The normalized spacial score (nSPS) is 29.1. The molecule has 0 radical (unpaired) electrons. The molecule has 2 heterocycles. The molecule has 0 spiro atoms. The number of carbonyl (C=O) groups is 2. The van der Waals surface area contributed by atoms with Crippen LogP contribution in [-0.4, -0.2) is 71.3 Å². The summed E-state index contributed by atoms with van der Waals surface area (Å²) in [7, 11) is 0. The topological polar surface area (TPSA) is 108 Å². The van der Waals surface area contributed by atoms with Gasteiger partial charge in [-0.1, -0.05) is 23.3 Å². The van der Waals surface area contributed by atoms with E-state index in [0.29, 0.717) is 6.61 Å². The molecule has 152 valence electrons. The van der Waals surface area contributed by atoms with E-state index >= 15 is 0 Å². The number of rotatable bonds is 8. The third-order valence-electron chi connectivity index (χ3n) is 4.65. The maximum atomic E-state index is 11.9. The molecule has 0 aromatic rings. The number of nitrogens with one attached hydrogen (secondary N) is 1. The van der Waals surface area contributed by atoms with Crippen LogP contribution in [0.3, 0.4) is 0 Å². The van der Waals surface area contributed by atoms with Crippen LogP contribution in [0.2, 0.25) is 0 Å². The standard InChI is InChI=1S/C19H30N2O6/c1-12(2)5-4-6-13(3)8-10-26-11-14-16(23)17(24)18(27-14)21-9-7-15(22)20-19(21)25/h5,8,14,16-18,23-24H,4,6-7,9-11H2,1-3H3,(H,20,22,25). The van der Waals surface area contributed by atoms with Crippen molar-refractivity contribution in [2.75, 3.05) is 19.8 Å². The number of aliphatic hydroxyl groups is 2. The van der Waals surface area contributed by atoms with Gasteiger partial charge >= 0.3 is 6.03 Å². The van der Waals surface area contributed by atoms with Gasteiger partial charge in [0, 0.05) is 13.0 Å².